The number of hydrogen-bond donors (Lipinski definition) is 0. The SMILES string of the molecule is Cc1c(C(=O)c2cnoc2C2CC2)ccc(S(C)=O)c1C. The van der Waals surface area contributed by atoms with Crippen molar-refractivity contribution in [2.24, 2.45) is 0 Å². The van der Waals surface area contributed by atoms with E-state index in [1.165, 1.54) is 6.20 Å². The maximum atomic E-state index is 12.7. The van der Waals surface area contributed by atoms with Crippen LogP contribution in [-0.2, 0) is 10.8 Å². The van der Waals surface area contributed by atoms with Crippen molar-refractivity contribution < 1.29 is 13.5 Å². The van der Waals surface area contributed by atoms with Gasteiger partial charge in [-0.1, -0.05) is 5.16 Å². The van der Waals surface area contributed by atoms with Crippen LogP contribution < -0.4 is 0 Å². The average Bonchev–Trinajstić information content (AvgIpc) is 3.18. The third-order valence-electron chi connectivity index (χ3n) is 4.08. The second-order valence-corrected chi connectivity index (χ2v) is 6.87. The maximum Gasteiger partial charge on any atom is 0.198 e. The van der Waals surface area contributed by atoms with Crippen LogP contribution in [0.25, 0.3) is 0 Å². The van der Waals surface area contributed by atoms with Gasteiger partial charge in [-0.25, -0.2) is 0 Å². The first-order valence-electron chi connectivity index (χ1n) is 6.93. The molecule has 5 heteroatoms. The predicted octanol–water partition coefficient (Wildman–Crippen LogP) is 3.14. The van der Waals surface area contributed by atoms with Crippen LogP contribution in [0.1, 0.15) is 51.6 Å². The Hall–Kier alpha value is -1.75. The van der Waals surface area contributed by atoms with Gasteiger partial charge in [-0.2, -0.15) is 0 Å². The first-order chi connectivity index (χ1) is 10.0. The molecule has 0 radical (unpaired) electrons. The quantitative estimate of drug-likeness (QED) is 0.814. The fourth-order valence-electron chi connectivity index (χ4n) is 2.56. The summed E-state index contributed by atoms with van der Waals surface area (Å²) in [6.07, 6.45) is 5.27. The Labute approximate surface area is 126 Å². The Kier molecular flexibility index (Phi) is 3.53. The molecule has 21 heavy (non-hydrogen) atoms. The van der Waals surface area contributed by atoms with Gasteiger partial charge in [0.15, 0.2) is 11.5 Å². The summed E-state index contributed by atoms with van der Waals surface area (Å²) >= 11 is 0. The van der Waals surface area contributed by atoms with Crippen LogP contribution in [0.4, 0.5) is 0 Å². The van der Waals surface area contributed by atoms with Gasteiger partial charge in [-0.3, -0.25) is 9.00 Å². The molecule has 0 spiro atoms. The van der Waals surface area contributed by atoms with Crippen LogP contribution in [-0.4, -0.2) is 21.4 Å². The predicted molar refractivity (Wildman–Crippen MR) is 80.2 cm³/mol. The van der Waals surface area contributed by atoms with Gasteiger partial charge in [0.25, 0.3) is 0 Å². The van der Waals surface area contributed by atoms with Gasteiger partial charge < -0.3 is 4.52 Å². The lowest BCUT2D eigenvalue weighted by Crippen LogP contribution is -2.07. The normalized spacial score (nSPS) is 16.0. The minimum absolute atomic E-state index is 0.0628. The number of nitrogens with zero attached hydrogens (tertiary/aromatic N) is 1. The van der Waals surface area contributed by atoms with E-state index in [0.29, 0.717) is 22.8 Å². The van der Waals surface area contributed by atoms with Crippen LogP contribution in [0.2, 0.25) is 0 Å². The number of carbonyl (C=O) groups excluding carboxylic acids is 1. The van der Waals surface area contributed by atoms with E-state index in [4.69, 9.17) is 4.52 Å². The Morgan fingerprint density at radius 1 is 1.24 bits per heavy atom. The highest BCUT2D eigenvalue weighted by Crippen LogP contribution is 2.42. The summed E-state index contributed by atoms with van der Waals surface area (Å²) in [4.78, 5) is 13.5. The first kappa shape index (κ1) is 14.2. The second kappa shape index (κ2) is 5.22. The highest BCUT2D eigenvalue weighted by molar-refractivity contribution is 7.84. The molecule has 3 rings (SSSR count). The minimum atomic E-state index is -1.05. The summed E-state index contributed by atoms with van der Waals surface area (Å²) in [6.45, 7) is 3.79. The molecular weight excluding hydrogens is 286 g/mol. The van der Waals surface area contributed by atoms with E-state index in [2.05, 4.69) is 5.16 Å². The van der Waals surface area contributed by atoms with Gasteiger partial charge in [-0.05, 0) is 49.9 Å². The summed E-state index contributed by atoms with van der Waals surface area (Å²) in [5.74, 6) is 0.989. The largest absolute Gasteiger partial charge is 0.360 e. The van der Waals surface area contributed by atoms with Crippen LogP contribution >= 0.6 is 0 Å². The average molecular weight is 303 g/mol. The second-order valence-electron chi connectivity index (χ2n) is 5.52. The molecule has 0 N–H and O–H groups in total. The van der Waals surface area contributed by atoms with E-state index < -0.39 is 10.8 Å². The highest BCUT2D eigenvalue weighted by atomic mass is 32.2. The lowest BCUT2D eigenvalue weighted by molar-refractivity contribution is 0.103. The molecule has 2 aromatic rings. The summed E-state index contributed by atoms with van der Waals surface area (Å²) < 4.78 is 16.9. The summed E-state index contributed by atoms with van der Waals surface area (Å²) in [5.41, 5.74) is 2.97. The fraction of sp³-hybridized carbons (Fsp3) is 0.375. The van der Waals surface area contributed by atoms with Crippen LogP contribution in [0.3, 0.4) is 0 Å². The zero-order chi connectivity index (χ0) is 15.1. The fourth-order valence-corrected chi connectivity index (χ4v) is 3.40. The van der Waals surface area contributed by atoms with Gasteiger partial charge in [0.2, 0.25) is 0 Å². The zero-order valence-corrected chi connectivity index (χ0v) is 13.1. The molecule has 0 aliphatic heterocycles. The molecule has 1 atom stereocenters. The van der Waals surface area contributed by atoms with E-state index in [9.17, 15) is 9.00 Å². The molecule has 1 saturated carbocycles. The molecule has 1 heterocycles. The van der Waals surface area contributed by atoms with Crippen molar-refractivity contribution in [2.75, 3.05) is 6.26 Å². The maximum absolute atomic E-state index is 12.7. The third kappa shape index (κ3) is 2.46. The van der Waals surface area contributed by atoms with Crippen molar-refractivity contribution in [3.8, 4) is 0 Å². The highest BCUT2D eigenvalue weighted by Gasteiger charge is 2.33. The van der Waals surface area contributed by atoms with Crippen molar-refractivity contribution in [3.05, 3.63) is 46.3 Å². The topological polar surface area (TPSA) is 60.2 Å². The number of benzene rings is 1. The summed E-state index contributed by atoms with van der Waals surface area (Å²) in [7, 11) is -1.05. The molecular formula is C16H17NO3S. The standard InChI is InChI=1S/C16H17NO3S/c1-9-10(2)14(21(3)19)7-6-12(9)15(18)13-8-17-20-16(13)11-4-5-11/h6-8,11H,4-5H2,1-3H3. The van der Waals surface area contributed by atoms with E-state index in [1.807, 2.05) is 13.8 Å². The van der Waals surface area contributed by atoms with Gasteiger partial charge in [0, 0.05) is 22.6 Å². The van der Waals surface area contributed by atoms with Crippen LogP contribution in [0, 0.1) is 13.8 Å². The number of rotatable bonds is 4. The molecule has 4 nitrogen and oxygen atoms in total. The monoisotopic (exact) mass is 303 g/mol. The Balaban J connectivity index is 2.04. The van der Waals surface area contributed by atoms with Gasteiger partial charge in [0.1, 0.15) is 0 Å². The molecule has 0 saturated heterocycles. The molecule has 1 aliphatic rings. The third-order valence-corrected chi connectivity index (χ3v) is 5.14. The van der Waals surface area contributed by atoms with Gasteiger partial charge in [-0.15, -0.1) is 0 Å². The Morgan fingerprint density at radius 3 is 2.57 bits per heavy atom. The first-order valence-corrected chi connectivity index (χ1v) is 8.49. The Morgan fingerprint density at radius 2 is 1.95 bits per heavy atom. The molecule has 1 aromatic carbocycles. The summed E-state index contributed by atoms with van der Waals surface area (Å²) in [6, 6.07) is 3.53. The number of aromatic nitrogens is 1. The van der Waals surface area contributed by atoms with Crippen LogP contribution in [0.15, 0.2) is 27.7 Å². The van der Waals surface area contributed by atoms with Crippen molar-refractivity contribution in [3.63, 3.8) is 0 Å². The Bertz CT molecular complexity index is 744. The molecule has 0 amide bonds. The smallest absolute Gasteiger partial charge is 0.198 e. The van der Waals surface area contributed by atoms with Crippen molar-refractivity contribution in [2.45, 2.75) is 37.5 Å². The van der Waals surface area contributed by atoms with E-state index >= 15 is 0 Å². The van der Waals surface area contributed by atoms with Crippen molar-refractivity contribution >= 4 is 16.6 Å². The molecule has 110 valence electrons. The molecule has 0 bridgehead atoms. The summed E-state index contributed by atoms with van der Waals surface area (Å²) in [5, 5.41) is 3.78. The van der Waals surface area contributed by atoms with Gasteiger partial charge >= 0.3 is 0 Å². The van der Waals surface area contributed by atoms with Gasteiger partial charge in [0.05, 0.1) is 22.6 Å². The van der Waals surface area contributed by atoms with Crippen LogP contribution in [0.5, 0.6) is 0 Å². The lowest BCUT2D eigenvalue weighted by Gasteiger charge is -2.11. The van der Waals surface area contributed by atoms with E-state index in [1.54, 1.807) is 18.4 Å². The van der Waals surface area contributed by atoms with E-state index in [0.717, 1.165) is 28.9 Å². The lowest BCUT2D eigenvalue weighted by atomic mass is 9.96. The zero-order valence-electron chi connectivity index (χ0n) is 12.3. The van der Waals surface area contributed by atoms with E-state index in [-0.39, 0.29) is 5.78 Å². The van der Waals surface area contributed by atoms with Crippen molar-refractivity contribution in [1.82, 2.24) is 5.16 Å². The molecule has 1 fully saturated rings. The number of carbonyl (C=O) groups is 1. The molecule has 1 aliphatic carbocycles. The number of hydrogen-bond acceptors (Lipinski definition) is 4. The minimum Gasteiger partial charge on any atom is -0.360 e. The molecule has 1 aromatic heterocycles. The van der Waals surface area contributed by atoms with Crippen molar-refractivity contribution in [1.29, 1.82) is 0 Å². The number of ketones is 1. The molecule has 1 unspecified atom stereocenters.